The Kier molecular flexibility index (Phi) is 7.80. The molecule has 1 rings (SSSR count). The second-order valence-corrected chi connectivity index (χ2v) is 6.45. The summed E-state index contributed by atoms with van der Waals surface area (Å²) in [4.78, 5) is 12.1. The third-order valence-corrected chi connectivity index (χ3v) is 5.04. The Morgan fingerprint density at radius 1 is 1.47 bits per heavy atom. The van der Waals surface area contributed by atoms with Crippen molar-refractivity contribution in [1.29, 1.82) is 0 Å². The van der Waals surface area contributed by atoms with Gasteiger partial charge in [-0.2, -0.15) is 11.8 Å². The van der Waals surface area contributed by atoms with E-state index in [0.717, 1.165) is 44.6 Å². The molecule has 1 aliphatic rings. The van der Waals surface area contributed by atoms with Crippen LogP contribution in [0.1, 0.15) is 39.0 Å². The maximum absolute atomic E-state index is 12.1. The molecule has 0 amide bonds. The Morgan fingerprint density at radius 3 is 2.89 bits per heavy atom. The van der Waals surface area contributed by atoms with Crippen molar-refractivity contribution in [2.24, 2.45) is 0 Å². The number of carbonyl (C=O) groups is 1. The summed E-state index contributed by atoms with van der Waals surface area (Å²) in [7, 11) is 3.22. The Hall–Kier alpha value is -0.260. The quantitative estimate of drug-likeness (QED) is 0.548. The van der Waals surface area contributed by atoms with Gasteiger partial charge in [0.2, 0.25) is 0 Å². The van der Waals surface area contributed by atoms with E-state index < -0.39 is 5.54 Å². The molecule has 0 heterocycles. The van der Waals surface area contributed by atoms with Crippen LogP contribution in [0.3, 0.4) is 0 Å². The SMILES string of the molecule is CCNC1(C(=O)OC)CCCC(SCCCOC)C1. The predicted octanol–water partition coefficient (Wildman–Crippen LogP) is 2.22. The molecule has 19 heavy (non-hydrogen) atoms. The van der Waals surface area contributed by atoms with Crippen molar-refractivity contribution in [3.8, 4) is 0 Å². The van der Waals surface area contributed by atoms with Gasteiger partial charge in [0.25, 0.3) is 0 Å². The maximum Gasteiger partial charge on any atom is 0.326 e. The average Bonchev–Trinajstić information content (AvgIpc) is 2.43. The number of thioether (sulfide) groups is 1. The fourth-order valence-corrected chi connectivity index (χ4v) is 4.13. The van der Waals surface area contributed by atoms with Crippen molar-refractivity contribution in [3.05, 3.63) is 0 Å². The molecule has 0 radical (unpaired) electrons. The van der Waals surface area contributed by atoms with Crippen LogP contribution in [0.4, 0.5) is 0 Å². The lowest BCUT2D eigenvalue weighted by atomic mass is 9.81. The van der Waals surface area contributed by atoms with Crippen molar-refractivity contribution < 1.29 is 14.3 Å². The van der Waals surface area contributed by atoms with Crippen LogP contribution < -0.4 is 5.32 Å². The number of carbonyl (C=O) groups excluding carboxylic acids is 1. The summed E-state index contributed by atoms with van der Waals surface area (Å²) in [6.45, 7) is 3.66. The first-order valence-electron chi connectivity index (χ1n) is 7.12. The first-order valence-corrected chi connectivity index (χ1v) is 8.17. The molecule has 1 saturated carbocycles. The van der Waals surface area contributed by atoms with Crippen LogP contribution in [0.5, 0.6) is 0 Å². The molecule has 5 heteroatoms. The zero-order valence-electron chi connectivity index (χ0n) is 12.4. The van der Waals surface area contributed by atoms with Gasteiger partial charge in [0.1, 0.15) is 5.54 Å². The number of methoxy groups -OCH3 is 2. The summed E-state index contributed by atoms with van der Waals surface area (Å²) < 4.78 is 10.1. The van der Waals surface area contributed by atoms with E-state index >= 15 is 0 Å². The number of rotatable bonds is 8. The lowest BCUT2D eigenvalue weighted by molar-refractivity contribution is -0.150. The van der Waals surface area contributed by atoms with Crippen LogP contribution in [0.25, 0.3) is 0 Å². The molecule has 112 valence electrons. The molecule has 0 aliphatic heterocycles. The van der Waals surface area contributed by atoms with Crippen LogP contribution in [0.2, 0.25) is 0 Å². The maximum atomic E-state index is 12.1. The summed E-state index contributed by atoms with van der Waals surface area (Å²) in [5, 5.41) is 3.91. The Morgan fingerprint density at radius 2 is 2.26 bits per heavy atom. The Bertz CT molecular complexity index is 271. The highest BCUT2D eigenvalue weighted by Gasteiger charge is 2.43. The zero-order chi connectivity index (χ0) is 14.1. The van der Waals surface area contributed by atoms with E-state index in [1.165, 1.54) is 13.5 Å². The summed E-state index contributed by atoms with van der Waals surface area (Å²) in [6, 6.07) is 0. The molecular weight excluding hydrogens is 262 g/mol. The summed E-state index contributed by atoms with van der Waals surface area (Å²) in [6.07, 6.45) is 5.13. The van der Waals surface area contributed by atoms with E-state index in [-0.39, 0.29) is 5.97 Å². The lowest BCUT2D eigenvalue weighted by Crippen LogP contribution is -2.56. The van der Waals surface area contributed by atoms with E-state index in [9.17, 15) is 4.79 Å². The van der Waals surface area contributed by atoms with Gasteiger partial charge in [-0.15, -0.1) is 0 Å². The van der Waals surface area contributed by atoms with E-state index in [1.807, 2.05) is 18.7 Å². The van der Waals surface area contributed by atoms with Gasteiger partial charge in [-0.25, -0.2) is 0 Å². The summed E-state index contributed by atoms with van der Waals surface area (Å²) >= 11 is 1.97. The highest BCUT2D eigenvalue weighted by Crippen LogP contribution is 2.36. The number of esters is 1. The molecule has 0 aromatic heterocycles. The van der Waals surface area contributed by atoms with Crippen molar-refractivity contribution >= 4 is 17.7 Å². The fourth-order valence-electron chi connectivity index (χ4n) is 2.77. The standard InChI is InChI=1S/C14H27NO3S/c1-4-15-14(13(16)18-3)8-5-7-12(11-14)19-10-6-9-17-2/h12,15H,4-11H2,1-3H3. The Labute approximate surface area is 121 Å². The van der Waals surface area contributed by atoms with Gasteiger partial charge in [-0.1, -0.05) is 6.92 Å². The fraction of sp³-hybridized carbons (Fsp3) is 0.929. The van der Waals surface area contributed by atoms with Gasteiger partial charge < -0.3 is 14.8 Å². The van der Waals surface area contributed by atoms with E-state index in [4.69, 9.17) is 9.47 Å². The minimum atomic E-state index is -0.458. The van der Waals surface area contributed by atoms with Crippen molar-refractivity contribution in [3.63, 3.8) is 0 Å². The first kappa shape index (κ1) is 16.8. The monoisotopic (exact) mass is 289 g/mol. The molecule has 0 saturated heterocycles. The third kappa shape index (κ3) is 4.97. The average molecular weight is 289 g/mol. The highest BCUT2D eigenvalue weighted by atomic mass is 32.2. The topological polar surface area (TPSA) is 47.6 Å². The number of hydrogen-bond acceptors (Lipinski definition) is 5. The molecule has 0 bridgehead atoms. The van der Waals surface area contributed by atoms with Crippen LogP contribution in [0.15, 0.2) is 0 Å². The van der Waals surface area contributed by atoms with Crippen LogP contribution >= 0.6 is 11.8 Å². The zero-order valence-corrected chi connectivity index (χ0v) is 13.2. The lowest BCUT2D eigenvalue weighted by Gasteiger charge is -2.39. The molecule has 2 unspecified atom stereocenters. The minimum Gasteiger partial charge on any atom is -0.468 e. The van der Waals surface area contributed by atoms with Gasteiger partial charge in [0.05, 0.1) is 7.11 Å². The van der Waals surface area contributed by atoms with Crippen molar-refractivity contribution in [2.45, 2.75) is 49.8 Å². The second-order valence-electron chi connectivity index (χ2n) is 5.04. The third-order valence-electron chi connectivity index (χ3n) is 3.64. The predicted molar refractivity (Wildman–Crippen MR) is 79.6 cm³/mol. The molecule has 1 N–H and O–H groups in total. The molecule has 0 spiro atoms. The van der Waals surface area contributed by atoms with Crippen molar-refractivity contribution in [2.75, 3.05) is 33.1 Å². The van der Waals surface area contributed by atoms with Crippen LogP contribution in [-0.4, -0.2) is 49.9 Å². The smallest absolute Gasteiger partial charge is 0.326 e. The minimum absolute atomic E-state index is 0.100. The number of likely N-dealkylation sites (N-methyl/N-ethyl adjacent to an activating group) is 1. The highest BCUT2D eigenvalue weighted by molar-refractivity contribution is 7.99. The van der Waals surface area contributed by atoms with E-state index in [1.54, 1.807) is 7.11 Å². The van der Waals surface area contributed by atoms with Gasteiger partial charge >= 0.3 is 5.97 Å². The summed E-state index contributed by atoms with van der Waals surface area (Å²) in [5.41, 5.74) is -0.458. The summed E-state index contributed by atoms with van der Waals surface area (Å²) in [5.74, 6) is 0.999. The van der Waals surface area contributed by atoms with Crippen LogP contribution in [0, 0.1) is 0 Å². The Balaban J connectivity index is 2.51. The van der Waals surface area contributed by atoms with Gasteiger partial charge in [-0.3, -0.25) is 4.79 Å². The van der Waals surface area contributed by atoms with Gasteiger partial charge in [0, 0.05) is 19.0 Å². The molecular formula is C14H27NO3S. The normalized spacial score (nSPS) is 27.2. The second kappa shape index (κ2) is 8.82. The van der Waals surface area contributed by atoms with Gasteiger partial charge in [-0.05, 0) is 44.4 Å². The van der Waals surface area contributed by atoms with E-state index in [0.29, 0.717) is 5.25 Å². The molecule has 2 atom stereocenters. The molecule has 1 aliphatic carbocycles. The first-order chi connectivity index (χ1) is 9.18. The van der Waals surface area contributed by atoms with Crippen LogP contribution in [-0.2, 0) is 14.3 Å². The molecule has 1 fully saturated rings. The largest absolute Gasteiger partial charge is 0.468 e. The molecule has 0 aromatic carbocycles. The number of ether oxygens (including phenoxy) is 2. The number of hydrogen-bond donors (Lipinski definition) is 1. The molecule has 4 nitrogen and oxygen atoms in total. The van der Waals surface area contributed by atoms with Crippen molar-refractivity contribution in [1.82, 2.24) is 5.32 Å². The molecule has 0 aromatic rings. The van der Waals surface area contributed by atoms with E-state index in [2.05, 4.69) is 5.32 Å². The number of nitrogens with one attached hydrogen (secondary N) is 1. The van der Waals surface area contributed by atoms with Gasteiger partial charge in [0.15, 0.2) is 0 Å².